The van der Waals surface area contributed by atoms with Gasteiger partial charge in [-0.05, 0) is 27.7 Å². The van der Waals surface area contributed by atoms with Crippen LogP contribution in [0.1, 0.15) is 38.1 Å². The van der Waals surface area contributed by atoms with Crippen molar-refractivity contribution >= 4 is 23.8 Å². The highest BCUT2D eigenvalue weighted by molar-refractivity contribution is 5.98. The van der Waals surface area contributed by atoms with Crippen molar-refractivity contribution in [3.05, 3.63) is 35.9 Å². The molecule has 2 N–H and O–H groups in total. The van der Waals surface area contributed by atoms with Crippen LogP contribution >= 0.6 is 0 Å². The molecule has 0 spiro atoms. The summed E-state index contributed by atoms with van der Waals surface area (Å²) in [6, 6.07) is 7.50. The van der Waals surface area contributed by atoms with E-state index >= 15 is 0 Å². The topological polar surface area (TPSA) is 111 Å². The molecule has 0 heterocycles. The minimum Gasteiger partial charge on any atom is -0.456 e. The third-order valence-corrected chi connectivity index (χ3v) is 2.99. The Balaban J connectivity index is 2.32. The molecule has 0 aliphatic carbocycles. The first-order valence-corrected chi connectivity index (χ1v) is 8.09. The largest absolute Gasteiger partial charge is 0.456 e. The van der Waals surface area contributed by atoms with Crippen molar-refractivity contribution in [1.29, 1.82) is 0 Å². The quantitative estimate of drug-likeness (QED) is 0.559. The van der Waals surface area contributed by atoms with Crippen LogP contribution < -0.4 is 10.6 Å². The maximum Gasteiger partial charge on any atom is 0.408 e. The van der Waals surface area contributed by atoms with Crippen molar-refractivity contribution in [2.24, 2.45) is 0 Å². The molecule has 0 saturated carbocycles. The highest BCUT2D eigenvalue weighted by atomic mass is 16.6. The van der Waals surface area contributed by atoms with Gasteiger partial charge in [-0.25, -0.2) is 4.79 Å². The Bertz CT molecular complexity index is 651. The van der Waals surface area contributed by atoms with Gasteiger partial charge in [0.25, 0.3) is 0 Å². The summed E-state index contributed by atoms with van der Waals surface area (Å²) < 4.78 is 9.85. The molecule has 1 atom stereocenters. The van der Waals surface area contributed by atoms with Crippen LogP contribution in [0.2, 0.25) is 0 Å². The van der Waals surface area contributed by atoms with Crippen molar-refractivity contribution in [3.8, 4) is 0 Å². The molecule has 8 heteroatoms. The molecule has 0 radical (unpaired) electrons. The Morgan fingerprint density at radius 2 is 1.69 bits per heavy atom. The molecule has 0 aliphatic rings. The molecule has 0 saturated heterocycles. The number of amides is 2. The summed E-state index contributed by atoms with van der Waals surface area (Å²) in [6.45, 7) is 5.72. The van der Waals surface area contributed by atoms with Crippen molar-refractivity contribution in [1.82, 2.24) is 10.6 Å². The van der Waals surface area contributed by atoms with Crippen LogP contribution in [0.25, 0.3) is 0 Å². The Labute approximate surface area is 152 Å². The highest BCUT2D eigenvalue weighted by Crippen LogP contribution is 2.06. The summed E-state index contributed by atoms with van der Waals surface area (Å²) >= 11 is 0. The van der Waals surface area contributed by atoms with E-state index in [4.69, 9.17) is 9.47 Å². The number of ether oxygens (including phenoxy) is 2. The minimum atomic E-state index is -0.899. The minimum absolute atomic E-state index is 0.342. The zero-order valence-electron chi connectivity index (χ0n) is 15.3. The monoisotopic (exact) mass is 364 g/mol. The molecule has 1 rings (SSSR count). The smallest absolute Gasteiger partial charge is 0.408 e. The van der Waals surface area contributed by atoms with Crippen molar-refractivity contribution in [2.45, 2.75) is 39.3 Å². The Hall–Kier alpha value is -2.90. The highest BCUT2D eigenvalue weighted by Gasteiger charge is 2.21. The molecule has 142 valence electrons. The molecular formula is C18H24N2O6. The second-order valence-electron chi connectivity index (χ2n) is 6.54. The Morgan fingerprint density at radius 3 is 2.27 bits per heavy atom. The van der Waals surface area contributed by atoms with Gasteiger partial charge in [0.2, 0.25) is 5.91 Å². The zero-order valence-corrected chi connectivity index (χ0v) is 15.3. The van der Waals surface area contributed by atoms with E-state index in [0.29, 0.717) is 5.56 Å². The van der Waals surface area contributed by atoms with Crippen LogP contribution in [0.5, 0.6) is 0 Å². The van der Waals surface area contributed by atoms with Gasteiger partial charge in [-0.15, -0.1) is 0 Å². The molecular weight excluding hydrogens is 340 g/mol. The van der Waals surface area contributed by atoms with E-state index in [0.717, 1.165) is 0 Å². The van der Waals surface area contributed by atoms with Gasteiger partial charge in [0.1, 0.15) is 18.2 Å². The number of alkyl carbamates (subject to hydrolysis) is 1. The Kier molecular flexibility index (Phi) is 7.77. The first kappa shape index (κ1) is 21.1. The number of hydrogen-bond donors (Lipinski definition) is 2. The SMILES string of the molecule is C[C@H](NC(=O)OC(C)(C)C)C(=O)NCC(=O)OCC(=O)c1ccccc1. The Morgan fingerprint density at radius 1 is 1.08 bits per heavy atom. The van der Waals surface area contributed by atoms with Crippen LogP contribution in [0, 0.1) is 0 Å². The number of esters is 1. The molecule has 1 aromatic carbocycles. The van der Waals surface area contributed by atoms with Crippen LogP contribution in [-0.2, 0) is 19.1 Å². The van der Waals surface area contributed by atoms with Gasteiger partial charge < -0.3 is 20.1 Å². The van der Waals surface area contributed by atoms with E-state index in [1.807, 2.05) is 0 Å². The number of ketones is 1. The van der Waals surface area contributed by atoms with E-state index in [2.05, 4.69) is 10.6 Å². The third-order valence-electron chi connectivity index (χ3n) is 2.99. The third kappa shape index (κ3) is 8.27. The average Bonchev–Trinajstić information content (AvgIpc) is 2.56. The zero-order chi connectivity index (χ0) is 19.7. The van der Waals surface area contributed by atoms with Gasteiger partial charge in [-0.2, -0.15) is 0 Å². The summed E-state index contributed by atoms with van der Waals surface area (Å²) in [5.41, 5.74) is -0.255. The van der Waals surface area contributed by atoms with E-state index in [-0.39, 0.29) is 5.78 Å². The summed E-state index contributed by atoms with van der Waals surface area (Å²) in [6.07, 6.45) is -0.740. The summed E-state index contributed by atoms with van der Waals surface area (Å²) in [4.78, 5) is 46.9. The molecule has 8 nitrogen and oxygen atoms in total. The molecule has 0 unspecified atom stereocenters. The van der Waals surface area contributed by atoms with Crippen molar-refractivity contribution in [2.75, 3.05) is 13.2 Å². The number of nitrogens with one attached hydrogen (secondary N) is 2. The summed E-state index contributed by atoms with van der Waals surface area (Å²) in [7, 11) is 0. The van der Waals surface area contributed by atoms with Gasteiger partial charge in [0.05, 0.1) is 0 Å². The van der Waals surface area contributed by atoms with Gasteiger partial charge in [0, 0.05) is 5.56 Å². The normalized spacial score (nSPS) is 11.8. The fourth-order valence-electron chi connectivity index (χ4n) is 1.77. The predicted molar refractivity (Wildman–Crippen MR) is 93.6 cm³/mol. The van der Waals surface area contributed by atoms with Crippen LogP contribution in [0.3, 0.4) is 0 Å². The average molecular weight is 364 g/mol. The van der Waals surface area contributed by atoms with Gasteiger partial charge >= 0.3 is 12.1 Å². The number of carbonyl (C=O) groups is 4. The maximum absolute atomic E-state index is 11.9. The van der Waals surface area contributed by atoms with Crippen LogP contribution in [0.15, 0.2) is 30.3 Å². The lowest BCUT2D eigenvalue weighted by atomic mass is 10.1. The number of rotatable bonds is 7. The van der Waals surface area contributed by atoms with Gasteiger partial charge in [0.15, 0.2) is 12.4 Å². The number of hydrogen-bond acceptors (Lipinski definition) is 6. The molecule has 0 fully saturated rings. The standard InChI is InChI=1S/C18H24N2O6/c1-12(20-17(24)26-18(2,3)4)16(23)19-10-15(22)25-11-14(21)13-8-6-5-7-9-13/h5-9,12H,10-11H2,1-4H3,(H,19,23)(H,20,24)/t12-/m0/s1. The molecule has 26 heavy (non-hydrogen) atoms. The number of benzene rings is 1. The fourth-order valence-corrected chi connectivity index (χ4v) is 1.77. The van der Waals surface area contributed by atoms with E-state index < -0.39 is 42.8 Å². The first-order valence-electron chi connectivity index (χ1n) is 8.09. The van der Waals surface area contributed by atoms with E-state index in [9.17, 15) is 19.2 Å². The van der Waals surface area contributed by atoms with Gasteiger partial charge in [-0.3, -0.25) is 14.4 Å². The number of carbonyl (C=O) groups excluding carboxylic acids is 4. The van der Waals surface area contributed by atoms with Gasteiger partial charge in [-0.1, -0.05) is 30.3 Å². The lowest BCUT2D eigenvalue weighted by Crippen LogP contribution is -2.47. The van der Waals surface area contributed by atoms with Crippen molar-refractivity contribution < 1.29 is 28.7 Å². The predicted octanol–water partition coefficient (Wildman–Crippen LogP) is 1.44. The van der Waals surface area contributed by atoms with Crippen molar-refractivity contribution in [3.63, 3.8) is 0 Å². The molecule has 0 aliphatic heterocycles. The van der Waals surface area contributed by atoms with Crippen LogP contribution in [-0.4, -0.2) is 48.5 Å². The summed E-state index contributed by atoms with van der Waals surface area (Å²) in [5, 5.41) is 4.67. The lowest BCUT2D eigenvalue weighted by molar-refractivity contribution is -0.143. The first-order chi connectivity index (χ1) is 12.1. The van der Waals surface area contributed by atoms with E-state index in [1.165, 1.54) is 6.92 Å². The number of Topliss-reactive ketones (excluding diaryl/α,β-unsaturated/α-hetero) is 1. The van der Waals surface area contributed by atoms with Crippen LogP contribution in [0.4, 0.5) is 4.79 Å². The second kappa shape index (κ2) is 9.55. The molecule has 0 bridgehead atoms. The maximum atomic E-state index is 11.9. The fraction of sp³-hybridized carbons (Fsp3) is 0.444. The second-order valence-corrected chi connectivity index (χ2v) is 6.54. The van der Waals surface area contributed by atoms with E-state index in [1.54, 1.807) is 51.1 Å². The summed E-state index contributed by atoms with van der Waals surface area (Å²) in [5.74, 6) is -1.68. The lowest BCUT2D eigenvalue weighted by Gasteiger charge is -2.21. The molecule has 1 aromatic rings. The molecule has 0 aromatic heterocycles. The molecule has 2 amide bonds.